The molecule has 1 atom stereocenters. The number of hydrogen-bond acceptors (Lipinski definition) is 4. The lowest BCUT2D eigenvalue weighted by Gasteiger charge is -2.11. The average Bonchev–Trinajstić information content (AvgIpc) is 2.04. The summed E-state index contributed by atoms with van der Waals surface area (Å²) in [6.45, 7) is -0.0263. The van der Waals surface area contributed by atoms with Gasteiger partial charge in [0.05, 0.1) is 0 Å². The average molecular weight is 220 g/mol. The predicted octanol–water partition coefficient (Wildman–Crippen LogP) is 0.902. The molecular formula is C9H14ClNO3. The van der Waals surface area contributed by atoms with Gasteiger partial charge in [-0.15, -0.1) is 12.4 Å². The molecule has 0 saturated carbocycles. The van der Waals surface area contributed by atoms with Gasteiger partial charge in [-0.25, -0.2) is 0 Å². The van der Waals surface area contributed by atoms with Gasteiger partial charge < -0.3 is 21.1 Å². The van der Waals surface area contributed by atoms with Crippen molar-refractivity contribution in [3.63, 3.8) is 0 Å². The number of halogens is 1. The first-order chi connectivity index (χ1) is 6.15. The molecule has 4 nitrogen and oxygen atoms in total. The van der Waals surface area contributed by atoms with Crippen LogP contribution in [-0.2, 0) is 0 Å². The van der Waals surface area contributed by atoms with Gasteiger partial charge in [-0.05, 0) is 12.5 Å². The van der Waals surface area contributed by atoms with E-state index in [0.717, 1.165) is 0 Å². The van der Waals surface area contributed by atoms with Gasteiger partial charge in [0, 0.05) is 24.3 Å². The number of nitrogens with two attached hydrogens (primary N) is 1. The molecule has 5 heteroatoms. The molecule has 5 N–H and O–H groups in total. The lowest BCUT2D eigenvalue weighted by Crippen LogP contribution is -2.11. The van der Waals surface area contributed by atoms with Crippen molar-refractivity contribution in [1.82, 2.24) is 0 Å². The molecule has 1 unspecified atom stereocenters. The quantitative estimate of drug-likeness (QED) is 0.609. The van der Waals surface area contributed by atoms with Crippen molar-refractivity contribution >= 4 is 12.4 Å². The minimum atomic E-state index is -0.398. The second-order valence-electron chi connectivity index (χ2n) is 2.86. The molecule has 80 valence electrons. The highest BCUT2D eigenvalue weighted by atomic mass is 35.5. The molecule has 1 aromatic rings. The first-order valence-electron chi connectivity index (χ1n) is 4.03. The van der Waals surface area contributed by atoms with Gasteiger partial charge in [0.25, 0.3) is 0 Å². The van der Waals surface area contributed by atoms with Crippen molar-refractivity contribution in [2.75, 3.05) is 6.61 Å². The number of aliphatic hydroxyl groups is 1. The minimum Gasteiger partial charge on any atom is -0.508 e. The number of hydrogen-bond donors (Lipinski definition) is 4. The molecule has 0 radical (unpaired) electrons. The highest BCUT2D eigenvalue weighted by molar-refractivity contribution is 5.85. The van der Waals surface area contributed by atoms with Crippen LogP contribution in [0.4, 0.5) is 0 Å². The summed E-state index contributed by atoms with van der Waals surface area (Å²) in [5.74, 6) is -0.0431. The van der Waals surface area contributed by atoms with Gasteiger partial charge in [-0.1, -0.05) is 6.07 Å². The first-order valence-corrected chi connectivity index (χ1v) is 4.03. The minimum absolute atomic E-state index is 0. The van der Waals surface area contributed by atoms with Crippen molar-refractivity contribution < 1.29 is 15.3 Å². The first kappa shape index (κ1) is 13.0. The van der Waals surface area contributed by atoms with Crippen LogP contribution in [0.25, 0.3) is 0 Å². The molecule has 0 saturated heterocycles. The van der Waals surface area contributed by atoms with E-state index in [-0.39, 0.29) is 30.5 Å². The summed E-state index contributed by atoms with van der Waals surface area (Å²) in [6, 6.07) is 3.83. The Balaban J connectivity index is 0.00000169. The van der Waals surface area contributed by atoms with Crippen LogP contribution in [-0.4, -0.2) is 21.9 Å². The summed E-state index contributed by atoms with van der Waals surface area (Å²) in [5, 5.41) is 27.0. The largest absolute Gasteiger partial charge is 0.508 e. The van der Waals surface area contributed by atoms with Crippen LogP contribution in [0.2, 0.25) is 0 Å². The van der Waals surface area contributed by atoms with Crippen LogP contribution >= 0.6 is 12.4 Å². The SMILES string of the molecule is Cl.NC(CCO)c1ccc(O)cc1O. The summed E-state index contributed by atoms with van der Waals surface area (Å²) in [6.07, 6.45) is 0.387. The second-order valence-corrected chi connectivity index (χ2v) is 2.86. The van der Waals surface area contributed by atoms with Gasteiger partial charge in [0.2, 0.25) is 0 Å². The van der Waals surface area contributed by atoms with Gasteiger partial charge in [0.15, 0.2) is 0 Å². The Morgan fingerprint density at radius 1 is 1.29 bits per heavy atom. The van der Waals surface area contributed by atoms with Gasteiger partial charge in [-0.3, -0.25) is 0 Å². The van der Waals surface area contributed by atoms with Crippen LogP contribution < -0.4 is 5.73 Å². The zero-order valence-electron chi connectivity index (χ0n) is 7.55. The van der Waals surface area contributed by atoms with Crippen molar-refractivity contribution in [3.05, 3.63) is 23.8 Å². The van der Waals surface area contributed by atoms with Crippen LogP contribution in [0, 0.1) is 0 Å². The summed E-state index contributed by atoms with van der Waals surface area (Å²) in [5.41, 5.74) is 6.19. The Bertz CT molecular complexity index is 293. The molecule has 0 aliphatic heterocycles. The highest BCUT2D eigenvalue weighted by Gasteiger charge is 2.10. The number of rotatable bonds is 3. The molecule has 1 aromatic carbocycles. The molecule has 0 aliphatic carbocycles. The Labute approximate surface area is 88.4 Å². The van der Waals surface area contributed by atoms with E-state index in [0.29, 0.717) is 12.0 Å². The van der Waals surface area contributed by atoms with E-state index in [9.17, 15) is 5.11 Å². The molecular weight excluding hydrogens is 206 g/mol. The Morgan fingerprint density at radius 3 is 2.43 bits per heavy atom. The molecule has 0 aliphatic rings. The number of aromatic hydroxyl groups is 2. The fourth-order valence-corrected chi connectivity index (χ4v) is 1.14. The summed E-state index contributed by atoms with van der Waals surface area (Å²) >= 11 is 0. The Kier molecular flexibility index (Phi) is 5.30. The van der Waals surface area contributed by atoms with Crippen molar-refractivity contribution in [1.29, 1.82) is 0 Å². The monoisotopic (exact) mass is 219 g/mol. The van der Waals surface area contributed by atoms with Crippen LogP contribution in [0.5, 0.6) is 11.5 Å². The van der Waals surface area contributed by atoms with Gasteiger partial charge in [-0.2, -0.15) is 0 Å². The second kappa shape index (κ2) is 5.70. The number of phenolic OH excluding ortho intramolecular Hbond substituents is 2. The van der Waals surface area contributed by atoms with E-state index in [1.54, 1.807) is 6.07 Å². The van der Waals surface area contributed by atoms with Gasteiger partial charge in [0.1, 0.15) is 11.5 Å². The van der Waals surface area contributed by atoms with E-state index in [4.69, 9.17) is 15.9 Å². The maximum atomic E-state index is 9.37. The van der Waals surface area contributed by atoms with Crippen LogP contribution in [0.1, 0.15) is 18.0 Å². The van der Waals surface area contributed by atoms with Crippen LogP contribution in [0.15, 0.2) is 18.2 Å². The fraction of sp³-hybridized carbons (Fsp3) is 0.333. The zero-order chi connectivity index (χ0) is 9.84. The maximum absolute atomic E-state index is 9.37. The van der Waals surface area contributed by atoms with E-state index in [1.807, 2.05) is 0 Å². The molecule has 0 spiro atoms. The molecule has 0 heterocycles. The molecule has 0 aromatic heterocycles. The lowest BCUT2D eigenvalue weighted by atomic mass is 10.0. The Hall–Kier alpha value is -0.970. The summed E-state index contributed by atoms with van der Waals surface area (Å²) in [7, 11) is 0. The fourth-order valence-electron chi connectivity index (χ4n) is 1.14. The smallest absolute Gasteiger partial charge is 0.124 e. The lowest BCUT2D eigenvalue weighted by molar-refractivity contribution is 0.275. The van der Waals surface area contributed by atoms with E-state index >= 15 is 0 Å². The third kappa shape index (κ3) is 3.06. The molecule has 0 fully saturated rings. The van der Waals surface area contributed by atoms with Crippen molar-refractivity contribution in [2.45, 2.75) is 12.5 Å². The molecule has 14 heavy (non-hydrogen) atoms. The van der Waals surface area contributed by atoms with E-state index < -0.39 is 6.04 Å². The van der Waals surface area contributed by atoms with Gasteiger partial charge >= 0.3 is 0 Å². The van der Waals surface area contributed by atoms with E-state index in [1.165, 1.54) is 12.1 Å². The number of phenols is 2. The Morgan fingerprint density at radius 2 is 1.93 bits per heavy atom. The predicted molar refractivity (Wildman–Crippen MR) is 55.7 cm³/mol. The van der Waals surface area contributed by atoms with E-state index in [2.05, 4.69) is 0 Å². The topological polar surface area (TPSA) is 86.7 Å². The normalized spacial score (nSPS) is 11.9. The maximum Gasteiger partial charge on any atom is 0.124 e. The third-order valence-corrected chi connectivity index (χ3v) is 1.85. The molecule has 1 rings (SSSR count). The van der Waals surface area contributed by atoms with Crippen molar-refractivity contribution in [2.24, 2.45) is 5.73 Å². The summed E-state index contributed by atoms with van der Waals surface area (Å²) in [4.78, 5) is 0. The number of aliphatic hydroxyl groups excluding tert-OH is 1. The standard InChI is InChI=1S/C9H13NO3.ClH/c10-8(3-4-11)7-2-1-6(12)5-9(7)13;/h1-2,5,8,11-13H,3-4,10H2;1H. The zero-order valence-corrected chi connectivity index (χ0v) is 8.37. The third-order valence-electron chi connectivity index (χ3n) is 1.85. The molecule has 0 amide bonds. The molecule has 0 bridgehead atoms. The van der Waals surface area contributed by atoms with Crippen LogP contribution in [0.3, 0.4) is 0 Å². The summed E-state index contributed by atoms with van der Waals surface area (Å²) < 4.78 is 0. The highest BCUT2D eigenvalue weighted by Crippen LogP contribution is 2.27. The number of benzene rings is 1. The van der Waals surface area contributed by atoms with Crippen molar-refractivity contribution in [3.8, 4) is 11.5 Å².